The van der Waals surface area contributed by atoms with Crippen LogP contribution in [0.4, 0.5) is 0 Å². The minimum atomic E-state index is -0.00441. The Morgan fingerprint density at radius 2 is 1.96 bits per heavy atom. The molecule has 0 spiro atoms. The van der Waals surface area contributed by atoms with Crippen molar-refractivity contribution < 1.29 is 4.79 Å². The Balaban J connectivity index is 1.59. The van der Waals surface area contributed by atoms with E-state index in [-0.39, 0.29) is 11.9 Å². The number of amides is 1. The smallest absolute Gasteiger partial charge is 0.274 e. The number of fused-ring (bicyclic) bond motifs is 1. The van der Waals surface area contributed by atoms with Crippen LogP contribution in [0.3, 0.4) is 0 Å². The van der Waals surface area contributed by atoms with Crippen LogP contribution in [0.2, 0.25) is 0 Å². The highest BCUT2D eigenvalue weighted by atomic mass is 16.2. The number of benzene rings is 2. The van der Waals surface area contributed by atoms with Gasteiger partial charge >= 0.3 is 0 Å². The lowest BCUT2D eigenvalue weighted by atomic mass is 9.97. The lowest BCUT2D eigenvalue weighted by Gasteiger charge is -2.25. The van der Waals surface area contributed by atoms with Gasteiger partial charge in [-0.1, -0.05) is 42.5 Å². The molecule has 0 N–H and O–H groups in total. The highest BCUT2D eigenvalue weighted by Crippen LogP contribution is 2.26. The number of aromatic nitrogens is 2. The zero-order chi connectivity index (χ0) is 17.2. The van der Waals surface area contributed by atoms with E-state index in [0.29, 0.717) is 5.69 Å². The van der Waals surface area contributed by atoms with Crippen LogP contribution >= 0.6 is 0 Å². The molecule has 1 atom stereocenters. The third-order valence-corrected chi connectivity index (χ3v) is 4.97. The van der Waals surface area contributed by atoms with Crippen LogP contribution in [-0.4, -0.2) is 33.4 Å². The number of carbonyl (C=O) groups is 1. The van der Waals surface area contributed by atoms with Gasteiger partial charge in [-0.2, -0.15) is 0 Å². The summed E-state index contributed by atoms with van der Waals surface area (Å²) in [6.45, 7) is 2.67. The van der Waals surface area contributed by atoms with Gasteiger partial charge in [0.05, 0.1) is 11.9 Å². The highest BCUT2D eigenvalue weighted by molar-refractivity contribution is 5.92. The highest BCUT2D eigenvalue weighted by Gasteiger charge is 2.30. The number of carbonyl (C=O) groups excluding carboxylic acids is 1. The second-order valence-electron chi connectivity index (χ2n) is 6.68. The van der Waals surface area contributed by atoms with Gasteiger partial charge < -0.3 is 4.90 Å². The van der Waals surface area contributed by atoms with Crippen LogP contribution in [0, 0.1) is 6.92 Å². The first-order valence-corrected chi connectivity index (χ1v) is 8.78. The molecule has 2 heterocycles. The summed E-state index contributed by atoms with van der Waals surface area (Å²) < 4.78 is 0. The molecule has 0 unspecified atom stereocenters. The van der Waals surface area contributed by atoms with E-state index in [4.69, 9.17) is 0 Å². The van der Waals surface area contributed by atoms with Crippen LogP contribution in [-0.2, 0) is 6.42 Å². The maximum atomic E-state index is 12.8. The zero-order valence-corrected chi connectivity index (χ0v) is 14.4. The summed E-state index contributed by atoms with van der Waals surface area (Å²) in [5.74, 6) is -0.00441. The van der Waals surface area contributed by atoms with E-state index in [1.807, 2.05) is 11.8 Å². The lowest BCUT2D eigenvalue weighted by Crippen LogP contribution is -2.37. The second kappa shape index (κ2) is 6.63. The number of aryl methyl sites for hydroxylation is 1. The van der Waals surface area contributed by atoms with Crippen LogP contribution in [0.1, 0.15) is 34.6 Å². The van der Waals surface area contributed by atoms with Gasteiger partial charge in [-0.15, -0.1) is 0 Å². The number of hydrogen-bond donors (Lipinski definition) is 0. The van der Waals surface area contributed by atoms with E-state index >= 15 is 0 Å². The molecule has 1 aliphatic heterocycles. The fraction of sp³-hybridized carbons (Fsp3) is 0.286. The standard InChI is InChI=1S/C21H21N3O/c1-15-13-23-20(14-22-15)21(25)24-11-5-9-18(24)12-17-8-4-7-16-6-2-3-10-19(16)17/h2-4,6-8,10,13-14,18H,5,9,11-12H2,1H3/t18-/m1/s1. The van der Waals surface area contributed by atoms with Gasteiger partial charge in [-0.05, 0) is 42.5 Å². The Labute approximate surface area is 147 Å². The Morgan fingerprint density at radius 1 is 1.12 bits per heavy atom. The van der Waals surface area contributed by atoms with Crippen molar-refractivity contribution in [3.05, 3.63) is 71.8 Å². The van der Waals surface area contributed by atoms with Gasteiger partial charge in [0, 0.05) is 18.8 Å². The van der Waals surface area contributed by atoms with Crippen molar-refractivity contribution in [2.24, 2.45) is 0 Å². The third-order valence-electron chi connectivity index (χ3n) is 4.97. The molecule has 0 saturated carbocycles. The Kier molecular flexibility index (Phi) is 4.18. The topological polar surface area (TPSA) is 46.1 Å². The van der Waals surface area contributed by atoms with Crippen molar-refractivity contribution in [3.63, 3.8) is 0 Å². The summed E-state index contributed by atoms with van der Waals surface area (Å²) in [5, 5.41) is 2.53. The molecule has 4 rings (SSSR count). The van der Waals surface area contributed by atoms with Gasteiger partial charge in [-0.3, -0.25) is 9.78 Å². The van der Waals surface area contributed by atoms with E-state index in [0.717, 1.165) is 31.5 Å². The number of hydrogen-bond acceptors (Lipinski definition) is 3. The molecule has 3 aromatic rings. The number of likely N-dealkylation sites (tertiary alicyclic amines) is 1. The molecule has 0 radical (unpaired) electrons. The molecule has 0 bridgehead atoms. The molecular formula is C21H21N3O. The average molecular weight is 331 g/mol. The number of rotatable bonds is 3. The molecule has 4 heteroatoms. The van der Waals surface area contributed by atoms with E-state index < -0.39 is 0 Å². The van der Waals surface area contributed by atoms with Gasteiger partial charge in [0.1, 0.15) is 5.69 Å². The van der Waals surface area contributed by atoms with Crippen molar-refractivity contribution in [2.75, 3.05) is 6.54 Å². The summed E-state index contributed by atoms with van der Waals surface area (Å²) in [7, 11) is 0. The van der Waals surface area contributed by atoms with E-state index in [2.05, 4.69) is 52.4 Å². The SMILES string of the molecule is Cc1cnc(C(=O)N2CCC[C@@H]2Cc2cccc3ccccc23)cn1. The van der Waals surface area contributed by atoms with Crippen LogP contribution in [0.5, 0.6) is 0 Å². The first kappa shape index (κ1) is 15.8. The molecule has 1 fully saturated rings. The molecule has 2 aromatic carbocycles. The monoisotopic (exact) mass is 331 g/mol. The normalized spacial score (nSPS) is 17.2. The molecular weight excluding hydrogens is 310 g/mol. The van der Waals surface area contributed by atoms with Crippen molar-refractivity contribution in [1.82, 2.24) is 14.9 Å². The largest absolute Gasteiger partial charge is 0.334 e. The average Bonchev–Trinajstić information content (AvgIpc) is 3.10. The predicted molar refractivity (Wildman–Crippen MR) is 98.5 cm³/mol. The van der Waals surface area contributed by atoms with Gasteiger partial charge in [0.15, 0.2) is 0 Å². The first-order valence-electron chi connectivity index (χ1n) is 8.78. The second-order valence-corrected chi connectivity index (χ2v) is 6.68. The van der Waals surface area contributed by atoms with Gasteiger partial charge in [-0.25, -0.2) is 4.98 Å². The first-order chi connectivity index (χ1) is 12.2. The molecule has 1 aromatic heterocycles. The number of nitrogens with zero attached hydrogens (tertiary/aromatic N) is 3. The van der Waals surface area contributed by atoms with E-state index in [1.165, 1.54) is 16.3 Å². The molecule has 4 nitrogen and oxygen atoms in total. The van der Waals surface area contributed by atoms with Crippen molar-refractivity contribution in [3.8, 4) is 0 Å². The van der Waals surface area contributed by atoms with Gasteiger partial charge in [0.2, 0.25) is 0 Å². The van der Waals surface area contributed by atoms with Crippen molar-refractivity contribution in [2.45, 2.75) is 32.2 Å². The summed E-state index contributed by atoms with van der Waals surface area (Å²) in [4.78, 5) is 23.3. The minimum Gasteiger partial charge on any atom is -0.334 e. The summed E-state index contributed by atoms with van der Waals surface area (Å²) in [5.41, 5.74) is 2.57. The van der Waals surface area contributed by atoms with E-state index in [1.54, 1.807) is 12.4 Å². The summed E-state index contributed by atoms with van der Waals surface area (Å²) in [6, 6.07) is 15.1. The Morgan fingerprint density at radius 3 is 2.80 bits per heavy atom. The maximum absolute atomic E-state index is 12.8. The quantitative estimate of drug-likeness (QED) is 0.733. The Bertz CT molecular complexity index is 899. The zero-order valence-electron chi connectivity index (χ0n) is 14.4. The lowest BCUT2D eigenvalue weighted by molar-refractivity contribution is 0.0730. The van der Waals surface area contributed by atoms with Crippen LogP contribution in [0.25, 0.3) is 10.8 Å². The van der Waals surface area contributed by atoms with Crippen molar-refractivity contribution in [1.29, 1.82) is 0 Å². The fourth-order valence-electron chi connectivity index (χ4n) is 3.69. The van der Waals surface area contributed by atoms with Gasteiger partial charge in [0.25, 0.3) is 5.91 Å². The summed E-state index contributed by atoms with van der Waals surface area (Å²) >= 11 is 0. The molecule has 126 valence electrons. The van der Waals surface area contributed by atoms with E-state index in [9.17, 15) is 4.79 Å². The molecule has 1 aliphatic rings. The minimum absolute atomic E-state index is 0.00441. The third kappa shape index (κ3) is 3.12. The van der Waals surface area contributed by atoms with Crippen LogP contribution < -0.4 is 0 Å². The van der Waals surface area contributed by atoms with Crippen molar-refractivity contribution >= 4 is 16.7 Å². The van der Waals surface area contributed by atoms with Crippen LogP contribution in [0.15, 0.2) is 54.9 Å². The molecule has 1 amide bonds. The maximum Gasteiger partial charge on any atom is 0.274 e. The molecule has 25 heavy (non-hydrogen) atoms. The molecule has 0 aliphatic carbocycles. The summed E-state index contributed by atoms with van der Waals surface area (Å²) in [6.07, 6.45) is 6.20. The predicted octanol–water partition coefficient (Wildman–Crippen LogP) is 3.79. The molecule has 1 saturated heterocycles. The fourth-order valence-corrected chi connectivity index (χ4v) is 3.69. The Hall–Kier alpha value is -2.75.